The highest BCUT2D eigenvalue weighted by molar-refractivity contribution is 7.13. The second-order valence-corrected chi connectivity index (χ2v) is 7.87. The summed E-state index contributed by atoms with van der Waals surface area (Å²) in [4.78, 5) is 28.4. The second-order valence-electron chi connectivity index (χ2n) is 5.98. The monoisotopic (exact) mass is 371 g/mol. The molecule has 1 fully saturated rings. The van der Waals surface area contributed by atoms with Gasteiger partial charge in [-0.3, -0.25) is 9.59 Å². The Labute approximate surface area is 153 Å². The fourth-order valence-corrected chi connectivity index (χ4v) is 4.49. The Hall–Kier alpha value is -2.25. The van der Waals surface area contributed by atoms with Crippen molar-refractivity contribution < 1.29 is 4.79 Å². The van der Waals surface area contributed by atoms with Crippen LogP contribution in [0.1, 0.15) is 28.6 Å². The van der Waals surface area contributed by atoms with Crippen LogP contribution < -0.4 is 5.56 Å². The maximum atomic E-state index is 12.4. The Balaban J connectivity index is 1.50. The lowest BCUT2D eigenvalue weighted by atomic mass is 10.0. The number of carbonyl (C=O) groups excluding carboxylic acids is 1. The number of rotatable bonds is 3. The molecule has 1 amide bonds. The Kier molecular flexibility index (Phi) is 4.50. The average Bonchev–Trinajstić information content (AvgIpc) is 3.35. The summed E-state index contributed by atoms with van der Waals surface area (Å²) in [5.74, 6) is 0.0843. The van der Waals surface area contributed by atoms with Crippen molar-refractivity contribution >= 4 is 28.6 Å². The Morgan fingerprint density at radius 1 is 1.04 bits per heavy atom. The molecule has 0 aliphatic carbocycles. The van der Waals surface area contributed by atoms with Gasteiger partial charge < -0.3 is 4.90 Å². The highest BCUT2D eigenvalue weighted by Gasteiger charge is 2.26. The van der Waals surface area contributed by atoms with Crippen molar-refractivity contribution in [3.63, 3.8) is 0 Å². The molecule has 0 saturated carbocycles. The third kappa shape index (κ3) is 3.29. The molecule has 0 bridgehead atoms. The molecule has 0 N–H and O–H groups in total. The van der Waals surface area contributed by atoms with Crippen molar-refractivity contribution in [2.75, 3.05) is 13.1 Å². The minimum absolute atomic E-state index is 0.0415. The summed E-state index contributed by atoms with van der Waals surface area (Å²) in [5.41, 5.74) is 0.745. The molecule has 1 aliphatic rings. The van der Waals surface area contributed by atoms with E-state index in [9.17, 15) is 9.59 Å². The number of piperidine rings is 1. The molecule has 0 aromatic carbocycles. The molecule has 0 atom stereocenters. The third-order valence-corrected chi connectivity index (χ3v) is 6.18. The third-order valence-electron chi connectivity index (χ3n) is 4.43. The van der Waals surface area contributed by atoms with Crippen LogP contribution in [0.2, 0.25) is 0 Å². The lowest BCUT2D eigenvalue weighted by molar-refractivity contribution is 0.0693. The van der Waals surface area contributed by atoms with E-state index >= 15 is 0 Å². The van der Waals surface area contributed by atoms with Crippen molar-refractivity contribution in [2.24, 2.45) is 0 Å². The minimum Gasteiger partial charge on any atom is -0.338 e. The number of nitrogens with zero attached hydrogens (tertiary/aromatic N) is 3. The first-order valence-corrected chi connectivity index (χ1v) is 9.95. The zero-order valence-corrected chi connectivity index (χ0v) is 15.1. The molecular weight excluding hydrogens is 354 g/mol. The maximum Gasteiger partial charge on any atom is 0.267 e. The van der Waals surface area contributed by atoms with E-state index < -0.39 is 0 Å². The van der Waals surface area contributed by atoms with E-state index in [1.165, 1.54) is 11.3 Å². The van der Waals surface area contributed by atoms with Crippen LogP contribution >= 0.6 is 22.7 Å². The van der Waals surface area contributed by atoms with Gasteiger partial charge in [0, 0.05) is 19.2 Å². The Morgan fingerprint density at radius 3 is 2.48 bits per heavy atom. The van der Waals surface area contributed by atoms with Gasteiger partial charge in [-0.2, -0.15) is 5.10 Å². The standard InChI is InChI=1S/C18H17N3O2S2/c22-17-6-5-14(15-3-1-11-24-15)19-21(17)13-7-9-20(10-8-13)18(23)16-4-2-12-25-16/h1-6,11-13H,7-10H2. The van der Waals surface area contributed by atoms with Crippen molar-refractivity contribution in [3.8, 4) is 10.6 Å². The zero-order valence-electron chi connectivity index (χ0n) is 13.5. The van der Waals surface area contributed by atoms with Crippen LogP contribution in [0, 0.1) is 0 Å². The topological polar surface area (TPSA) is 55.2 Å². The van der Waals surface area contributed by atoms with Gasteiger partial charge in [-0.05, 0) is 41.8 Å². The SMILES string of the molecule is O=C(c1cccs1)N1CCC(n2nc(-c3cccs3)ccc2=O)CC1. The predicted molar refractivity (Wildman–Crippen MR) is 100 cm³/mol. The van der Waals surface area contributed by atoms with Crippen LogP contribution in [0.15, 0.2) is 52.0 Å². The van der Waals surface area contributed by atoms with Crippen LogP contribution in [0.25, 0.3) is 10.6 Å². The van der Waals surface area contributed by atoms with E-state index in [1.54, 1.807) is 28.2 Å². The molecule has 5 nitrogen and oxygen atoms in total. The van der Waals surface area contributed by atoms with E-state index in [0.29, 0.717) is 13.1 Å². The zero-order chi connectivity index (χ0) is 17.2. The van der Waals surface area contributed by atoms with E-state index in [1.807, 2.05) is 39.9 Å². The number of thiophene rings is 2. The molecule has 4 rings (SSSR count). The molecule has 3 aromatic rings. The maximum absolute atomic E-state index is 12.4. The molecule has 0 unspecified atom stereocenters. The quantitative estimate of drug-likeness (QED) is 0.708. The summed E-state index contributed by atoms with van der Waals surface area (Å²) in [5, 5.41) is 8.49. The average molecular weight is 371 g/mol. The van der Waals surface area contributed by atoms with Crippen molar-refractivity contribution in [1.29, 1.82) is 0 Å². The molecule has 128 valence electrons. The van der Waals surface area contributed by atoms with Gasteiger partial charge in [0.1, 0.15) is 5.69 Å². The van der Waals surface area contributed by atoms with E-state index in [0.717, 1.165) is 28.3 Å². The number of aromatic nitrogens is 2. The first kappa shape index (κ1) is 16.2. The van der Waals surface area contributed by atoms with Gasteiger partial charge in [-0.1, -0.05) is 12.1 Å². The Bertz CT molecular complexity index is 908. The summed E-state index contributed by atoms with van der Waals surface area (Å²) >= 11 is 3.08. The van der Waals surface area contributed by atoms with Crippen LogP contribution in [-0.2, 0) is 0 Å². The molecular formula is C18H17N3O2S2. The molecule has 25 heavy (non-hydrogen) atoms. The van der Waals surface area contributed by atoms with Crippen LogP contribution in [0.4, 0.5) is 0 Å². The van der Waals surface area contributed by atoms with Crippen LogP contribution in [0.5, 0.6) is 0 Å². The molecule has 3 aromatic heterocycles. The van der Waals surface area contributed by atoms with Gasteiger partial charge in [0.15, 0.2) is 0 Å². The van der Waals surface area contributed by atoms with E-state index in [2.05, 4.69) is 5.10 Å². The molecule has 1 saturated heterocycles. The highest BCUT2D eigenvalue weighted by atomic mass is 32.1. The van der Waals surface area contributed by atoms with Gasteiger partial charge in [-0.25, -0.2) is 4.68 Å². The minimum atomic E-state index is -0.0802. The fourth-order valence-electron chi connectivity index (χ4n) is 3.11. The van der Waals surface area contributed by atoms with E-state index in [4.69, 9.17) is 0 Å². The fraction of sp³-hybridized carbons (Fsp3) is 0.278. The molecule has 0 spiro atoms. The van der Waals surface area contributed by atoms with Crippen molar-refractivity contribution in [1.82, 2.24) is 14.7 Å². The lowest BCUT2D eigenvalue weighted by Crippen LogP contribution is -2.41. The smallest absolute Gasteiger partial charge is 0.267 e. The lowest BCUT2D eigenvalue weighted by Gasteiger charge is -2.32. The summed E-state index contributed by atoms with van der Waals surface area (Å²) in [7, 11) is 0. The summed E-state index contributed by atoms with van der Waals surface area (Å²) < 4.78 is 1.60. The number of carbonyl (C=O) groups is 1. The van der Waals surface area contributed by atoms with Crippen LogP contribution in [-0.4, -0.2) is 33.7 Å². The molecule has 7 heteroatoms. The largest absolute Gasteiger partial charge is 0.338 e. The van der Waals surface area contributed by atoms with Gasteiger partial charge in [0.25, 0.3) is 11.5 Å². The summed E-state index contributed by atoms with van der Waals surface area (Å²) in [6, 6.07) is 11.1. The molecule has 4 heterocycles. The number of amides is 1. The van der Waals surface area contributed by atoms with Crippen LogP contribution in [0.3, 0.4) is 0 Å². The summed E-state index contributed by atoms with van der Waals surface area (Å²) in [6.07, 6.45) is 1.50. The number of hydrogen-bond acceptors (Lipinski definition) is 5. The van der Waals surface area contributed by atoms with Crippen molar-refractivity contribution in [3.05, 3.63) is 62.4 Å². The van der Waals surface area contributed by atoms with Crippen molar-refractivity contribution in [2.45, 2.75) is 18.9 Å². The first-order valence-electron chi connectivity index (χ1n) is 8.19. The Morgan fingerprint density at radius 2 is 1.80 bits per heavy atom. The van der Waals surface area contributed by atoms with Gasteiger partial charge in [-0.15, -0.1) is 22.7 Å². The molecule has 1 aliphatic heterocycles. The normalized spacial score (nSPS) is 15.4. The molecule has 0 radical (unpaired) electrons. The van der Waals surface area contributed by atoms with Gasteiger partial charge >= 0.3 is 0 Å². The van der Waals surface area contributed by atoms with Gasteiger partial charge in [0.2, 0.25) is 0 Å². The predicted octanol–water partition coefficient (Wildman–Crippen LogP) is 3.51. The highest BCUT2D eigenvalue weighted by Crippen LogP contribution is 2.25. The van der Waals surface area contributed by atoms with E-state index in [-0.39, 0.29) is 17.5 Å². The number of hydrogen-bond donors (Lipinski definition) is 0. The first-order chi connectivity index (χ1) is 12.2. The second kappa shape index (κ2) is 6.93. The number of likely N-dealkylation sites (tertiary alicyclic amines) is 1. The van der Waals surface area contributed by atoms with Gasteiger partial charge in [0.05, 0.1) is 15.8 Å². The summed E-state index contributed by atoms with van der Waals surface area (Å²) in [6.45, 7) is 1.30.